The van der Waals surface area contributed by atoms with Gasteiger partial charge < -0.3 is 10.1 Å². The Balaban J connectivity index is 1.58. The molecule has 1 N–H and O–H groups in total. The highest BCUT2D eigenvalue weighted by Crippen LogP contribution is 2.30. The van der Waals surface area contributed by atoms with Crippen LogP contribution in [0.5, 0.6) is 5.75 Å². The van der Waals surface area contributed by atoms with Crippen molar-refractivity contribution in [2.45, 2.75) is 13.8 Å². The third-order valence-corrected chi connectivity index (χ3v) is 5.31. The summed E-state index contributed by atoms with van der Waals surface area (Å²) in [7, 11) is 3.66. The Morgan fingerprint density at radius 1 is 1.00 bits per heavy atom. The Morgan fingerprint density at radius 2 is 1.79 bits per heavy atom. The molecule has 0 aliphatic carbocycles. The van der Waals surface area contributed by atoms with Crippen molar-refractivity contribution in [3.05, 3.63) is 78.6 Å². The summed E-state index contributed by atoms with van der Waals surface area (Å²) in [5.41, 5.74) is 6.07. The minimum absolute atomic E-state index is 0.532. The summed E-state index contributed by atoms with van der Waals surface area (Å²) in [6.45, 7) is 4.55. The number of hydrogen-bond acceptors (Lipinski definition) is 6. The lowest BCUT2D eigenvalue weighted by Crippen LogP contribution is -2.00. The van der Waals surface area contributed by atoms with E-state index in [1.807, 2.05) is 57.3 Å². The van der Waals surface area contributed by atoms with Crippen molar-refractivity contribution in [3.8, 4) is 28.3 Å². The van der Waals surface area contributed by atoms with Gasteiger partial charge in [0.15, 0.2) is 5.82 Å². The van der Waals surface area contributed by atoms with Crippen LogP contribution in [0, 0.1) is 0 Å². The van der Waals surface area contributed by atoms with Crippen LogP contribution in [0.15, 0.2) is 83.6 Å². The molecule has 2 heterocycles. The molecule has 0 saturated heterocycles. The molecule has 0 fully saturated rings. The molecule has 2 aromatic heterocycles. The van der Waals surface area contributed by atoms with Crippen LogP contribution < -0.4 is 10.1 Å². The van der Waals surface area contributed by atoms with Crippen LogP contribution in [0.25, 0.3) is 33.4 Å². The molecule has 0 atom stereocenters. The largest absolute Gasteiger partial charge is 0.489 e. The van der Waals surface area contributed by atoms with Crippen LogP contribution in [0.2, 0.25) is 0 Å². The summed E-state index contributed by atoms with van der Waals surface area (Å²) in [6, 6.07) is 18.2. The van der Waals surface area contributed by atoms with Gasteiger partial charge in [-0.15, -0.1) is 0 Å². The fourth-order valence-electron chi connectivity index (χ4n) is 3.53. The van der Waals surface area contributed by atoms with Gasteiger partial charge in [0, 0.05) is 43.2 Å². The second-order valence-corrected chi connectivity index (χ2v) is 7.79. The zero-order valence-corrected chi connectivity index (χ0v) is 19.3. The fourth-order valence-corrected chi connectivity index (χ4v) is 3.53. The fraction of sp³-hybridized carbons (Fsp3) is 0.185. The number of hydrogen-bond donors (Lipinski definition) is 1. The van der Waals surface area contributed by atoms with E-state index in [9.17, 15) is 0 Å². The quantitative estimate of drug-likeness (QED) is 0.369. The Labute approximate surface area is 194 Å². The van der Waals surface area contributed by atoms with E-state index in [0.717, 1.165) is 50.4 Å². The highest BCUT2D eigenvalue weighted by Gasteiger charge is 2.10. The maximum absolute atomic E-state index is 5.91. The number of fused-ring (bicyclic) bond motifs is 1. The van der Waals surface area contributed by atoms with Gasteiger partial charge in [0.05, 0.1) is 5.52 Å². The summed E-state index contributed by atoms with van der Waals surface area (Å²) < 4.78 is 5.91. The maximum atomic E-state index is 5.91. The summed E-state index contributed by atoms with van der Waals surface area (Å²) in [5.74, 6) is 2.27. The van der Waals surface area contributed by atoms with Gasteiger partial charge in [-0.2, -0.15) is 0 Å². The van der Waals surface area contributed by atoms with Crippen LogP contribution in [0.4, 0.5) is 5.82 Å². The Kier molecular flexibility index (Phi) is 6.74. The SMILES string of the molecule is C/N=C(C)\C=C(/C)COc1ccc(-c2ccc3nc(-c4cccnc4)nc(NC)c3c2)cc1. The summed E-state index contributed by atoms with van der Waals surface area (Å²) in [4.78, 5) is 17.8. The number of nitrogens with one attached hydrogen (secondary N) is 1. The number of anilines is 1. The molecular formula is C27H27N5O. The molecule has 0 bridgehead atoms. The number of aliphatic imine (C=N–C) groups is 1. The number of allylic oxidation sites excluding steroid dienone is 1. The molecule has 0 unspecified atom stereocenters. The van der Waals surface area contributed by atoms with E-state index in [-0.39, 0.29) is 0 Å². The lowest BCUT2D eigenvalue weighted by Gasteiger charge is -2.11. The number of rotatable bonds is 7. The third kappa shape index (κ3) is 5.23. The summed E-state index contributed by atoms with van der Waals surface area (Å²) >= 11 is 0. The summed E-state index contributed by atoms with van der Waals surface area (Å²) in [6.07, 6.45) is 5.55. The number of nitrogens with zero attached hydrogens (tertiary/aromatic N) is 4. The first-order chi connectivity index (χ1) is 16.1. The molecule has 6 heteroatoms. The van der Waals surface area contributed by atoms with Gasteiger partial charge in [0.25, 0.3) is 0 Å². The lowest BCUT2D eigenvalue weighted by atomic mass is 10.0. The van der Waals surface area contributed by atoms with Gasteiger partial charge in [0.2, 0.25) is 0 Å². The molecule has 2 aromatic carbocycles. The molecule has 0 saturated carbocycles. The predicted octanol–water partition coefficient (Wildman–Crippen LogP) is 5.82. The number of ether oxygens (including phenoxy) is 1. The average Bonchev–Trinajstić information content (AvgIpc) is 2.87. The van der Waals surface area contributed by atoms with Gasteiger partial charge in [-0.3, -0.25) is 9.98 Å². The molecule has 0 spiro atoms. The molecule has 33 heavy (non-hydrogen) atoms. The van der Waals surface area contributed by atoms with Gasteiger partial charge >= 0.3 is 0 Å². The van der Waals surface area contributed by atoms with E-state index in [2.05, 4.69) is 39.6 Å². The zero-order valence-electron chi connectivity index (χ0n) is 19.3. The first-order valence-electron chi connectivity index (χ1n) is 10.8. The second kappa shape index (κ2) is 10.0. The first-order valence-corrected chi connectivity index (χ1v) is 10.8. The number of pyridine rings is 1. The van der Waals surface area contributed by atoms with Crippen LogP contribution in [0.3, 0.4) is 0 Å². The number of benzene rings is 2. The van der Waals surface area contributed by atoms with Crippen molar-refractivity contribution in [1.82, 2.24) is 15.0 Å². The topological polar surface area (TPSA) is 72.3 Å². The second-order valence-electron chi connectivity index (χ2n) is 7.79. The van der Waals surface area contributed by atoms with E-state index in [0.29, 0.717) is 12.4 Å². The van der Waals surface area contributed by atoms with Crippen molar-refractivity contribution in [2.75, 3.05) is 26.0 Å². The molecule has 0 aliphatic heterocycles. The highest BCUT2D eigenvalue weighted by atomic mass is 16.5. The van der Waals surface area contributed by atoms with Crippen molar-refractivity contribution in [3.63, 3.8) is 0 Å². The van der Waals surface area contributed by atoms with Crippen molar-refractivity contribution >= 4 is 22.4 Å². The van der Waals surface area contributed by atoms with E-state index in [1.165, 1.54) is 0 Å². The van der Waals surface area contributed by atoms with Crippen molar-refractivity contribution < 1.29 is 4.74 Å². The van der Waals surface area contributed by atoms with Crippen molar-refractivity contribution in [2.24, 2.45) is 4.99 Å². The molecule has 0 amide bonds. The Morgan fingerprint density at radius 3 is 2.48 bits per heavy atom. The standard InChI is InChI=1S/C27H27N5O/c1-18(14-19(2)28-3)17-33-23-10-7-20(8-11-23)21-9-12-25-24(15-21)27(29-4)32-26(31-25)22-6-5-13-30-16-22/h5-16H,17H2,1-4H3,(H,29,31,32)/b18-14+,28-19-. The van der Waals surface area contributed by atoms with Crippen LogP contribution in [-0.2, 0) is 0 Å². The van der Waals surface area contributed by atoms with Crippen molar-refractivity contribution in [1.29, 1.82) is 0 Å². The first kappa shape index (κ1) is 22.1. The normalized spacial score (nSPS) is 12.1. The number of aromatic nitrogens is 3. The van der Waals surface area contributed by atoms with Gasteiger partial charge in [0.1, 0.15) is 18.2 Å². The maximum Gasteiger partial charge on any atom is 0.163 e. The van der Waals surface area contributed by atoms with E-state index < -0.39 is 0 Å². The zero-order chi connectivity index (χ0) is 23.2. The predicted molar refractivity (Wildman–Crippen MR) is 136 cm³/mol. The van der Waals surface area contributed by atoms with Gasteiger partial charge in [-0.05, 0) is 73.0 Å². The average molecular weight is 438 g/mol. The van der Waals surface area contributed by atoms with Gasteiger partial charge in [-0.25, -0.2) is 9.97 Å². The monoisotopic (exact) mass is 437 g/mol. The molecule has 0 radical (unpaired) electrons. The van der Waals surface area contributed by atoms with E-state index in [1.54, 1.807) is 19.4 Å². The van der Waals surface area contributed by atoms with Crippen LogP contribution in [-0.4, -0.2) is 41.4 Å². The Hall–Kier alpha value is -4.06. The third-order valence-electron chi connectivity index (χ3n) is 5.31. The van der Waals surface area contributed by atoms with E-state index in [4.69, 9.17) is 14.7 Å². The molecule has 4 rings (SSSR count). The Bertz CT molecular complexity index is 1310. The highest BCUT2D eigenvalue weighted by molar-refractivity contribution is 5.94. The minimum Gasteiger partial charge on any atom is -0.489 e. The van der Waals surface area contributed by atoms with Crippen LogP contribution >= 0.6 is 0 Å². The molecule has 0 aliphatic rings. The molecule has 4 aromatic rings. The molecular weight excluding hydrogens is 410 g/mol. The van der Waals surface area contributed by atoms with E-state index >= 15 is 0 Å². The smallest absolute Gasteiger partial charge is 0.163 e. The lowest BCUT2D eigenvalue weighted by molar-refractivity contribution is 0.352. The summed E-state index contributed by atoms with van der Waals surface area (Å²) in [5, 5.41) is 4.18. The molecule has 166 valence electrons. The van der Waals surface area contributed by atoms with Gasteiger partial charge in [-0.1, -0.05) is 18.2 Å². The molecule has 6 nitrogen and oxygen atoms in total. The minimum atomic E-state index is 0.532. The van der Waals surface area contributed by atoms with Crippen LogP contribution in [0.1, 0.15) is 13.8 Å².